The van der Waals surface area contributed by atoms with Gasteiger partial charge in [-0.1, -0.05) is 12.7 Å². The number of hydrogen-bond donors (Lipinski definition) is 0. The zero-order valence-corrected chi connectivity index (χ0v) is 9.93. The zero-order valence-electron chi connectivity index (χ0n) is 9.93. The molecule has 2 rings (SSSR count). The average molecular weight is 244 g/mol. The molecular weight excluding hydrogens is 232 g/mol. The van der Waals surface area contributed by atoms with Crippen molar-refractivity contribution in [3.63, 3.8) is 0 Å². The molecule has 0 radical (unpaired) electrons. The Balaban J connectivity index is 2.42. The molecule has 4 nitrogen and oxygen atoms in total. The second-order valence-corrected chi connectivity index (χ2v) is 3.71. The predicted octanol–water partition coefficient (Wildman–Crippen LogP) is 2.16. The molecule has 0 unspecified atom stereocenters. The van der Waals surface area contributed by atoms with E-state index >= 15 is 0 Å². The minimum Gasteiger partial charge on any atom is -0.497 e. The quantitative estimate of drug-likeness (QED) is 0.761. The van der Waals surface area contributed by atoms with E-state index < -0.39 is 0 Å². The van der Waals surface area contributed by atoms with Crippen molar-refractivity contribution in [2.45, 2.75) is 0 Å². The van der Waals surface area contributed by atoms with Crippen molar-refractivity contribution in [3.8, 4) is 5.75 Å². The first kappa shape index (κ1) is 12.1. The lowest BCUT2D eigenvalue weighted by Gasteiger charge is -2.15. The third kappa shape index (κ3) is 2.05. The fourth-order valence-electron chi connectivity index (χ4n) is 1.70. The van der Waals surface area contributed by atoms with Crippen molar-refractivity contribution >= 4 is 11.6 Å². The first-order chi connectivity index (χ1) is 8.67. The van der Waals surface area contributed by atoms with Crippen LogP contribution in [0.2, 0.25) is 0 Å². The molecule has 0 bridgehead atoms. The maximum atomic E-state index is 12.1. The highest BCUT2D eigenvalue weighted by Crippen LogP contribution is 2.25. The third-order valence-electron chi connectivity index (χ3n) is 2.58. The van der Waals surface area contributed by atoms with Gasteiger partial charge in [0.15, 0.2) is 11.5 Å². The molecule has 0 aliphatic heterocycles. The maximum Gasteiger partial charge on any atom is 0.228 e. The summed E-state index contributed by atoms with van der Waals surface area (Å²) in [7, 11) is 1.50. The van der Waals surface area contributed by atoms with Crippen molar-refractivity contribution in [1.29, 1.82) is 0 Å². The number of carbonyl (C=O) groups is 2. The summed E-state index contributed by atoms with van der Waals surface area (Å²) in [5.41, 5.74) is 0.674. The fourth-order valence-corrected chi connectivity index (χ4v) is 1.70. The Morgan fingerprint density at radius 1 is 1.28 bits per heavy atom. The molecule has 4 heteroatoms. The van der Waals surface area contributed by atoms with Crippen molar-refractivity contribution in [2.24, 2.45) is 0 Å². The summed E-state index contributed by atoms with van der Waals surface area (Å²) in [6, 6.07) is 4.77. The number of benzene rings is 1. The van der Waals surface area contributed by atoms with E-state index in [1.807, 2.05) is 0 Å². The van der Waals surface area contributed by atoms with Crippen LogP contribution in [0.15, 0.2) is 42.7 Å². The molecule has 0 N–H and O–H groups in total. The Morgan fingerprint density at radius 3 is 2.72 bits per heavy atom. The molecule has 0 aromatic heterocycles. The third-order valence-corrected chi connectivity index (χ3v) is 2.58. The van der Waals surface area contributed by atoms with Crippen LogP contribution in [-0.2, 0) is 4.74 Å². The number of fused-ring (bicyclic) bond motifs is 1. The van der Waals surface area contributed by atoms with Crippen LogP contribution in [0.1, 0.15) is 20.7 Å². The van der Waals surface area contributed by atoms with Crippen LogP contribution in [0.3, 0.4) is 0 Å². The highest BCUT2D eigenvalue weighted by Gasteiger charge is 2.27. The number of hydrogen-bond acceptors (Lipinski definition) is 4. The summed E-state index contributed by atoms with van der Waals surface area (Å²) in [5.74, 6) is 0.0113. The van der Waals surface area contributed by atoms with E-state index in [1.54, 1.807) is 18.2 Å². The lowest BCUT2D eigenvalue weighted by Crippen LogP contribution is -2.18. The molecular formula is C14H12O4. The molecule has 1 aromatic carbocycles. The van der Waals surface area contributed by atoms with Crippen LogP contribution in [-0.4, -0.2) is 25.3 Å². The number of Topliss-reactive ketones (excluding diaryl/α,β-unsaturated/α-hetero) is 1. The SMILES string of the molecule is C=CCOC1=CC(=O)c2ccc(OC)cc2C1=O. The first-order valence-electron chi connectivity index (χ1n) is 5.40. The van der Waals surface area contributed by atoms with Gasteiger partial charge >= 0.3 is 0 Å². The van der Waals surface area contributed by atoms with E-state index in [0.29, 0.717) is 16.9 Å². The normalized spacial score (nSPS) is 13.7. The van der Waals surface area contributed by atoms with Crippen LogP contribution in [0, 0.1) is 0 Å². The minimum atomic E-state index is -0.314. The lowest BCUT2D eigenvalue weighted by atomic mass is 9.93. The van der Waals surface area contributed by atoms with Crippen LogP contribution >= 0.6 is 0 Å². The Morgan fingerprint density at radius 2 is 2.06 bits per heavy atom. The van der Waals surface area contributed by atoms with E-state index in [2.05, 4.69) is 6.58 Å². The summed E-state index contributed by atoms with van der Waals surface area (Å²) in [5, 5.41) is 0. The number of rotatable bonds is 4. The van der Waals surface area contributed by atoms with Crippen molar-refractivity contribution in [2.75, 3.05) is 13.7 Å². The van der Waals surface area contributed by atoms with Gasteiger partial charge in [-0.25, -0.2) is 0 Å². The topological polar surface area (TPSA) is 52.6 Å². The van der Waals surface area contributed by atoms with E-state index in [0.717, 1.165) is 0 Å². The summed E-state index contributed by atoms with van der Waals surface area (Å²) in [4.78, 5) is 23.9. The van der Waals surface area contributed by atoms with Crippen LogP contribution in [0.5, 0.6) is 5.75 Å². The van der Waals surface area contributed by atoms with Gasteiger partial charge in [-0.05, 0) is 18.2 Å². The van der Waals surface area contributed by atoms with Crippen LogP contribution in [0.4, 0.5) is 0 Å². The lowest BCUT2D eigenvalue weighted by molar-refractivity contribution is 0.0900. The average Bonchev–Trinajstić information content (AvgIpc) is 2.40. The smallest absolute Gasteiger partial charge is 0.228 e. The van der Waals surface area contributed by atoms with Crippen LogP contribution in [0.25, 0.3) is 0 Å². The molecule has 0 fully saturated rings. The van der Waals surface area contributed by atoms with E-state index in [9.17, 15) is 9.59 Å². The van der Waals surface area contributed by atoms with Gasteiger partial charge in [-0.15, -0.1) is 0 Å². The molecule has 1 aliphatic carbocycles. The van der Waals surface area contributed by atoms with E-state index in [1.165, 1.54) is 19.3 Å². The number of ether oxygens (including phenoxy) is 2. The molecule has 0 spiro atoms. The van der Waals surface area contributed by atoms with E-state index in [4.69, 9.17) is 9.47 Å². The van der Waals surface area contributed by atoms with Crippen molar-refractivity contribution in [1.82, 2.24) is 0 Å². The summed E-state index contributed by atoms with van der Waals surface area (Å²) in [6.45, 7) is 3.68. The maximum absolute atomic E-state index is 12.1. The molecule has 0 amide bonds. The highest BCUT2D eigenvalue weighted by atomic mass is 16.5. The number of carbonyl (C=O) groups excluding carboxylic acids is 2. The van der Waals surface area contributed by atoms with Gasteiger partial charge in [0.2, 0.25) is 5.78 Å². The summed E-state index contributed by atoms with van der Waals surface area (Å²) >= 11 is 0. The van der Waals surface area contributed by atoms with Gasteiger partial charge in [-0.2, -0.15) is 0 Å². The summed E-state index contributed by atoms with van der Waals surface area (Å²) in [6.07, 6.45) is 2.72. The largest absolute Gasteiger partial charge is 0.497 e. The van der Waals surface area contributed by atoms with Crippen molar-refractivity contribution in [3.05, 3.63) is 53.8 Å². The minimum absolute atomic E-state index is 0.0423. The molecule has 0 heterocycles. The molecule has 0 atom stereocenters. The number of methoxy groups -OCH3 is 1. The molecule has 0 saturated heterocycles. The predicted molar refractivity (Wildman–Crippen MR) is 65.9 cm³/mol. The molecule has 18 heavy (non-hydrogen) atoms. The van der Waals surface area contributed by atoms with Gasteiger partial charge < -0.3 is 9.47 Å². The molecule has 0 saturated carbocycles. The van der Waals surface area contributed by atoms with Gasteiger partial charge in [-0.3, -0.25) is 9.59 Å². The Labute approximate surface area is 105 Å². The van der Waals surface area contributed by atoms with E-state index in [-0.39, 0.29) is 23.9 Å². The van der Waals surface area contributed by atoms with Crippen molar-refractivity contribution < 1.29 is 19.1 Å². The number of ketones is 2. The second kappa shape index (κ2) is 4.87. The van der Waals surface area contributed by atoms with Gasteiger partial charge in [0.25, 0.3) is 0 Å². The molecule has 1 aliphatic rings. The zero-order chi connectivity index (χ0) is 13.1. The summed E-state index contributed by atoms with van der Waals surface area (Å²) < 4.78 is 10.2. The highest BCUT2D eigenvalue weighted by molar-refractivity contribution is 6.23. The standard InChI is InChI=1S/C14H12O4/c1-3-6-18-13-8-12(15)10-5-4-9(17-2)7-11(10)14(13)16/h3-5,7-8H,1,6H2,2H3. The monoisotopic (exact) mass is 244 g/mol. The Bertz CT molecular complexity index is 555. The van der Waals surface area contributed by atoms with Gasteiger partial charge in [0.05, 0.1) is 7.11 Å². The fraction of sp³-hybridized carbons (Fsp3) is 0.143. The Kier molecular flexibility index (Phi) is 3.28. The first-order valence-corrected chi connectivity index (χ1v) is 5.40. The molecule has 1 aromatic rings. The van der Waals surface area contributed by atoms with Gasteiger partial charge in [0, 0.05) is 17.2 Å². The van der Waals surface area contributed by atoms with Crippen LogP contribution < -0.4 is 4.74 Å². The number of allylic oxidation sites excluding steroid dienone is 2. The second-order valence-electron chi connectivity index (χ2n) is 3.71. The van der Waals surface area contributed by atoms with Gasteiger partial charge in [0.1, 0.15) is 12.4 Å². The Hall–Kier alpha value is -2.36. The molecule has 92 valence electrons.